The van der Waals surface area contributed by atoms with E-state index >= 15 is 0 Å². The Morgan fingerprint density at radius 3 is 2.37 bits per heavy atom. The van der Waals surface area contributed by atoms with Crippen LogP contribution in [-0.2, 0) is 22.3 Å². The van der Waals surface area contributed by atoms with E-state index in [-0.39, 0.29) is 0 Å². The van der Waals surface area contributed by atoms with Crippen molar-refractivity contribution in [1.82, 2.24) is 0 Å². The Morgan fingerprint density at radius 2 is 1.68 bits per heavy atom. The third kappa shape index (κ3) is 4.21. The summed E-state index contributed by atoms with van der Waals surface area (Å²) in [5.41, 5.74) is 3.39. The van der Waals surface area contributed by atoms with Gasteiger partial charge in [0.05, 0.1) is 7.11 Å². The molecule has 0 amide bonds. The van der Waals surface area contributed by atoms with Crippen LogP contribution in [0, 0.1) is 6.92 Å². The molecule has 0 aliphatic rings. The van der Waals surface area contributed by atoms with Crippen LogP contribution in [0.25, 0.3) is 0 Å². The van der Waals surface area contributed by atoms with Gasteiger partial charge in [0, 0.05) is 22.3 Å². The molecule has 2 rings (SSSR count). The molecule has 0 heterocycles. The molecule has 19 heavy (non-hydrogen) atoms. The van der Waals surface area contributed by atoms with Gasteiger partial charge in [0.2, 0.25) is 0 Å². The van der Waals surface area contributed by atoms with E-state index in [0.717, 1.165) is 16.9 Å². The van der Waals surface area contributed by atoms with Crippen molar-refractivity contribution < 1.29 is 8.95 Å². The van der Waals surface area contributed by atoms with Crippen LogP contribution < -0.4 is 4.74 Å². The lowest BCUT2D eigenvalue weighted by atomic mass is 10.2. The van der Waals surface area contributed by atoms with Gasteiger partial charge in [-0.1, -0.05) is 42.0 Å². The summed E-state index contributed by atoms with van der Waals surface area (Å²) in [6.07, 6.45) is 0. The zero-order chi connectivity index (χ0) is 13.7. The first-order valence-electron chi connectivity index (χ1n) is 6.21. The number of methoxy groups -OCH3 is 1. The third-order valence-corrected chi connectivity index (χ3v) is 4.22. The fourth-order valence-corrected chi connectivity index (χ4v) is 3.09. The van der Waals surface area contributed by atoms with Crippen molar-refractivity contribution >= 4 is 10.8 Å². The predicted octanol–water partition coefficient (Wildman–Crippen LogP) is 3.45. The molecule has 0 spiro atoms. The number of benzene rings is 2. The first kappa shape index (κ1) is 13.8. The molecular weight excluding hydrogens is 256 g/mol. The summed E-state index contributed by atoms with van der Waals surface area (Å²) < 4.78 is 17.3. The summed E-state index contributed by atoms with van der Waals surface area (Å²) in [7, 11) is 0.747. The van der Waals surface area contributed by atoms with Gasteiger partial charge in [0.15, 0.2) is 0 Å². The maximum atomic E-state index is 12.1. The van der Waals surface area contributed by atoms with Gasteiger partial charge in [0.25, 0.3) is 0 Å². The van der Waals surface area contributed by atoms with E-state index in [9.17, 15) is 4.21 Å². The summed E-state index contributed by atoms with van der Waals surface area (Å²) in [5, 5.41) is 0. The third-order valence-electron chi connectivity index (χ3n) is 2.91. The van der Waals surface area contributed by atoms with Crippen molar-refractivity contribution in [2.45, 2.75) is 18.4 Å². The van der Waals surface area contributed by atoms with Crippen molar-refractivity contribution in [3.8, 4) is 5.75 Å². The number of rotatable bonds is 5. The van der Waals surface area contributed by atoms with Gasteiger partial charge in [-0.3, -0.25) is 4.21 Å². The Kier molecular flexibility index (Phi) is 4.74. The van der Waals surface area contributed by atoms with Crippen LogP contribution in [0.2, 0.25) is 0 Å². The van der Waals surface area contributed by atoms with Crippen LogP contribution in [0.4, 0.5) is 0 Å². The van der Waals surface area contributed by atoms with Crippen LogP contribution in [0.1, 0.15) is 16.7 Å². The van der Waals surface area contributed by atoms with Crippen molar-refractivity contribution in [2.75, 3.05) is 7.11 Å². The molecule has 0 aliphatic carbocycles. The van der Waals surface area contributed by atoms with Gasteiger partial charge in [-0.25, -0.2) is 0 Å². The monoisotopic (exact) mass is 274 g/mol. The van der Waals surface area contributed by atoms with Gasteiger partial charge < -0.3 is 4.74 Å². The molecule has 2 aromatic carbocycles. The van der Waals surface area contributed by atoms with Gasteiger partial charge in [-0.2, -0.15) is 0 Å². The van der Waals surface area contributed by atoms with Crippen molar-refractivity contribution in [2.24, 2.45) is 0 Å². The van der Waals surface area contributed by atoms with Crippen molar-refractivity contribution in [3.63, 3.8) is 0 Å². The van der Waals surface area contributed by atoms with Gasteiger partial charge in [-0.05, 0) is 30.2 Å². The minimum Gasteiger partial charge on any atom is -0.497 e. The second-order valence-corrected chi connectivity index (χ2v) is 6.02. The summed E-state index contributed by atoms with van der Waals surface area (Å²) in [6.45, 7) is 2.05. The second-order valence-electron chi connectivity index (χ2n) is 4.57. The molecule has 100 valence electrons. The predicted molar refractivity (Wildman–Crippen MR) is 79.7 cm³/mol. The Bertz CT molecular complexity index is 561. The number of aryl methyl sites for hydroxylation is 1. The molecule has 0 fully saturated rings. The van der Waals surface area contributed by atoms with E-state index in [4.69, 9.17) is 4.74 Å². The van der Waals surface area contributed by atoms with E-state index in [1.54, 1.807) is 7.11 Å². The van der Waals surface area contributed by atoms with E-state index < -0.39 is 10.8 Å². The lowest BCUT2D eigenvalue weighted by molar-refractivity contribution is 0.414. The molecule has 2 aromatic rings. The normalized spacial score (nSPS) is 12.1. The van der Waals surface area contributed by atoms with Crippen LogP contribution in [0.5, 0.6) is 5.75 Å². The van der Waals surface area contributed by atoms with Crippen LogP contribution >= 0.6 is 0 Å². The molecule has 3 heteroatoms. The zero-order valence-corrected chi connectivity index (χ0v) is 12.1. The maximum Gasteiger partial charge on any atom is 0.119 e. The highest BCUT2D eigenvalue weighted by atomic mass is 32.2. The Balaban J connectivity index is 1.99. The van der Waals surface area contributed by atoms with Crippen LogP contribution in [0.3, 0.4) is 0 Å². The summed E-state index contributed by atoms with van der Waals surface area (Å²) >= 11 is 0. The van der Waals surface area contributed by atoms with E-state index in [1.807, 2.05) is 36.4 Å². The molecule has 0 saturated heterocycles. The lowest BCUT2D eigenvalue weighted by Crippen LogP contribution is -1.99. The lowest BCUT2D eigenvalue weighted by Gasteiger charge is -2.05. The average Bonchev–Trinajstić information content (AvgIpc) is 2.41. The molecule has 1 atom stereocenters. The van der Waals surface area contributed by atoms with E-state index in [2.05, 4.69) is 19.1 Å². The first-order valence-corrected chi connectivity index (χ1v) is 7.69. The number of hydrogen-bond acceptors (Lipinski definition) is 2. The van der Waals surface area contributed by atoms with Gasteiger partial charge >= 0.3 is 0 Å². The molecule has 0 aliphatic heterocycles. The largest absolute Gasteiger partial charge is 0.497 e. The van der Waals surface area contributed by atoms with E-state index in [1.165, 1.54) is 5.56 Å². The fourth-order valence-electron chi connectivity index (χ4n) is 1.87. The van der Waals surface area contributed by atoms with Crippen molar-refractivity contribution in [1.29, 1.82) is 0 Å². The highest BCUT2D eigenvalue weighted by molar-refractivity contribution is 7.83. The molecule has 0 radical (unpaired) electrons. The summed E-state index contributed by atoms with van der Waals surface area (Å²) in [5.74, 6) is 1.97. The number of hydrogen-bond donors (Lipinski definition) is 0. The quantitative estimate of drug-likeness (QED) is 0.834. The molecule has 0 saturated carbocycles. The molecule has 0 bridgehead atoms. The maximum absolute atomic E-state index is 12.1. The Labute approximate surface area is 116 Å². The number of ether oxygens (including phenoxy) is 1. The SMILES string of the molecule is COc1cccc(C[S@](=O)Cc2ccc(C)cc2)c1. The smallest absolute Gasteiger partial charge is 0.119 e. The topological polar surface area (TPSA) is 26.3 Å². The minimum absolute atomic E-state index is 0.561. The Hall–Kier alpha value is -1.61. The van der Waals surface area contributed by atoms with Crippen LogP contribution in [0.15, 0.2) is 48.5 Å². The zero-order valence-electron chi connectivity index (χ0n) is 11.3. The molecule has 0 unspecified atom stereocenters. The molecule has 2 nitrogen and oxygen atoms in total. The van der Waals surface area contributed by atoms with Gasteiger partial charge in [-0.15, -0.1) is 0 Å². The second kappa shape index (κ2) is 6.53. The van der Waals surface area contributed by atoms with Crippen molar-refractivity contribution in [3.05, 3.63) is 65.2 Å². The average molecular weight is 274 g/mol. The van der Waals surface area contributed by atoms with E-state index in [0.29, 0.717) is 11.5 Å². The highest BCUT2D eigenvalue weighted by Gasteiger charge is 2.04. The summed E-state index contributed by atoms with van der Waals surface area (Å²) in [6, 6.07) is 15.9. The first-order chi connectivity index (χ1) is 9.17. The van der Waals surface area contributed by atoms with Crippen LogP contribution in [-0.4, -0.2) is 11.3 Å². The molecule has 0 N–H and O–H groups in total. The molecule has 0 aromatic heterocycles. The standard InChI is InChI=1S/C16H18O2S/c1-13-6-8-14(9-7-13)11-19(17)12-15-4-3-5-16(10-15)18-2/h3-10H,11-12H2,1-2H3/t19-/m1/s1. The fraction of sp³-hybridized carbons (Fsp3) is 0.250. The van der Waals surface area contributed by atoms with Gasteiger partial charge in [0.1, 0.15) is 5.75 Å². The highest BCUT2D eigenvalue weighted by Crippen LogP contribution is 2.15. The minimum atomic E-state index is -0.894. The summed E-state index contributed by atoms with van der Waals surface area (Å²) in [4.78, 5) is 0. The molecular formula is C16H18O2S. The Morgan fingerprint density at radius 1 is 1.00 bits per heavy atom.